The van der Waals surface area contributed by atoms with Gasteiger partial charge in [0.15, 0.2) is 0 Å². The number of hydrogen-bond donors (Lipinski definition) is 1. The Hall–Kier alpha value is -3.35. The molecule has 1 aromatic heterocycles. The molecular weight excluding hydrogens is 368 g/mol. The Labute approximate surface area is 169 Å². The smallest absolute Gasteiger partial charge is 0.322 e. The number of likely N-dealkylation sites (tertiary alicyclic amines) is 1. The van der Waals surface area contributed by atoms with Crippen molar-refractivity contribution in [2.45, 2.75) is 31.7 Å². The number of rotatable bonds is 4. The van der Waals surface area contributed by atoms with Crippen LogP contribution in [0, 0.1) is 0 Å². The van der Waals surface area contributed by atoms with Crippen LogP contribution >= 0.6 is 0 Å². The standard InChI is InChI=1S/C22H24N4O3/c1-28-19-11-9-16(10-12-19)20-8-3-2-4-13-26(20)22(27)24-18-7-5-6-17(14-18)21-25-23-15-29-21/h5-7,9-12,14-15,20H,2-4,8,13H2,1H3,(H,24,27)/t20-/m1/s1. The van der Waals surface area contributed by atoms with Crippen molar-refractivity contribution in [1.29, 1.82) is 0 Å². The van der Waals surface area contributed by atoms with E-state index in [9.17, 15) is 4.79 Å². The minimum absolute atomic E-state index is 0.0440. The van der Waals surface area contributed by atoms with Gasteiger partial charge in [0.2, 0.25) is 12.3 Å². The van der Waals surface area contributed by atoms with Crippen LogP contribution in [0.2, 0.25) is 0 Å². The van der Waals surface area contributed by atoms with Gasteiger partial charge in [-0.05, 0) is 48.7 Å². The Kier molecular flexibility index (Phi) is 5.74. The van der Waals surface area contributed by atoms with Gasteiger partial charge in [-0.3, -0.25) is 0 Å². The van der Waals surface area contributed by atoms with Crippen molar-refractivity contribution in [1.82, 2.24) is 15.1 Å². The highest BCUT2D eigenvalue weighted by molar-refractivity contribution is 5.90. The van der Waals surface area contributed by atoms with Crippen molar-refractivity contribution in [3.05, 3.63) is 60.5 Å². The lowest BCUT2D eigenvalue weighted by molar-refractivity contribution is 0.189. The zero-order valence-electron chi connectivity index (χ0n) is 16.4. The fourth-order valence-corrected chi connectivity index (χ4v) is 3.75. The van der Waals surface area contributed by atoms with Crippen molar-refractivity contribution in [2.75, 3.05) is 19.0 Å². The first-order valence-electron chi connectivity index (χ1n) is 9.83. The SMILES string of the molecule is COc1ccc([C@H]2CCCCCN2C(=O)Nc2cccc(-c3nnco3)c2)cc1. The number of methoxy groups -OCH3 is 1. The van der Waals surface area contributed by atoms with Gasteiger partial charge in [0.25, 0.3) is 0 Å². The molecule has 1 aliphatic heterocycles. The highest BCUT2D eigenvalue weighted by atomic mass is 16.5. The average molecular weight is 392 g/mol. The van der Waals surface area contributed by atoms with Crippen molar-refractivity contribution < 1.29 is 13.9 Å². The van der Waals surface area contributed by atoms with Gasteiger partial charge in [-0.2, -0.15) is 0 Å². The van der Waals surface area contributed by atoms with Gasteiger partial charge < -0.3 is 19.4 Å². The zero-order valence-corrected chi connectivity index (χ0v) is 16.4. The number of nitrogens with one attached hydrogen (secondary N) is 1. The van der Waals surface area contributed by atoms with Crippen LogP contribution in [-0.4, -0.2) is 34.8 Å². The van der Waals surface area contributed by atoms with E-state index >= 15 is 0 Å². The molecule has 1 saturated heterocycles. The van der Waals surface area contributed by atoms with Crippen LogP contribution in [0.4, 0.5) is 10.5 Å². The Bertz CT molecular complexity index is 941. The molecule has 1 fully saturated rings. The first kappa shape index (κ1) is 19.0. The van der Waals surface area contributed by atoms with E-state index in [2.05, 4.69) is 15.5 Å². The van der Waals surface area contributed by atoms with Gasteiger partial charge in [0.1, 0.15) is 5.75 Å². The summed E-state index contributed by atoms with van der Waals surface area (Å²) in [6.45, 7) is 0.728. The lowest BCUT2D eigenvalue weighted by atomic mass is 10.0. The molecule has 1 N–H and O–H groups in total. The summed E-state index contributed by atoms with van der Waals surface area (Å²) < 4.78 is 10.5. The van der Waals surface area contributed by atoms with Crippen LogP contribution in [0.5, 0.6) is 5.75 Å². The molecule has 150 valence electrons. The van der Waals surface area contributed by atoms with E-state index in [1.54, 1.807) is 7.11 Å². The molecule has 7 nitrogen and oxygen atoms in total. The van der Waals surface area contributed by atoms with Gasteiger partial charge >= 0.3 is 6.03 Å². The molecule has 4 rings (SSSR count). The van der Waals surface area contributed by atoms with Crippen LogP contribution < -0.4 is 10.1 Å². The summed E-state index contributed by atoms with van der Waals surface area (Å²) in [5.41, 5.74) is 2.59. The van der Waals surface area contributed by atoms with Crippen LogP contribution in [0.25, 0.3) is 11.5 Å². The number of amides is 2. The van der Waals surface area contributed by atoms with Gasteiger partial charge in [-0.15, -0.1) is 10.2 Å². The largest absolute Gasteiger partial charge is 0.497 e. The van der Waals surface area contributed by atoms with Crippen LogP contribution in [-0.2, 0) is 0 Å². The minimum Gasteiger partial charge on any atom is -0.497 e. The summed E-state index contributed by atoms with van der Waals surface area (Å²) in [5, 5.41) is 10.7. The quantitative estimate of drug-likeness (QED) is 0.683. The van der Waals surface area contributed by atoms with E-state index in [0.29, 0.717) is 11.6 Å². The van der Waals surface area contributed by atoms with Gasteiger partial charge in [-0.1, -0.05) is 31.0 Å². The van der Waals surface area contributed by atoms with E-state index in [-0.39, 0.29) is 12.1 Å². The van der Waals surface area contributed by atoms with Crippen molar-refractivity contribution >= 4 is 11.7 Å². The predicted octanol–water partition coefficient (Wildman–Crippen LogP) is 4.89. The van der Waals surface area contributed by atoms with Crippen molar-refractivity contribution in [2.24, 2.45) is 0 Å². The fourth-order valence-electron chi connectivity index (χ4n) is 3.75. The van der Waals surface area contributed by atoms with E-state index in [1.165, 1.54) is 6.39 Å². The number of anilines is 1. The molecule has 0 radical (unpaired) electrons. The Morgan fingerprint density at radius 1 is 1.17 bits per heavy atom. The number of ether oxygens (including phenoxy) is 1. The van der Waals surface area contributed by atoms with Crippen molar-refractivity contribution in [3.63, 3.8) is 0 Å². The summed E-state index contributed by atoms with van der Waals surface area (Å²) in [5.74, 6) is 1.24. The van der Waals surface area contributed by atoms with Crippen LogP contribution in [0.1, 0.15) is 37.3 Å². The summed E-state index contributed by atoms with van der Waals surface area (Å²) >= 11 is 0. The van der Waals surface area contributed by atoms with Gasteiger partial charge in [0.05, 0.1) is 13.2 Å². The molecule has 0 spiro atoms. The number of urea groups is 1. The molecule has 0 bridgehead atoms. The summed E-state index contributed by atoms with van der Waals surface area (Å²) in [7, 11) is 1.66. The third-order valence-corrected chi connectivity index (χ3v) is 5.24. The van der Waals surface area contributed by atoms with E-state index < -0.39 is 0 Å². The monoisotopic (exact) mass is 392 g/mol. The number of aromatic nitrogens is 2. The van der Waals surface area contributed by atoms with Gasteiger partial charge in [0, 0.05) is 17.8 Å². The second kappa shape index (κ2) is 8.77. The Morgan fingerprint density at radius 3 is 2.79 bits per heavy atom. The van der Waals surface area contributed by atoms with Crippen LogP contribution in [0.15, 0.2) is 59.3 Å². The third-order valence-electron chi connectivity index (χ3n) is 5.24. The Morgan fingerprint density at radius 2 is 2.03 bits per heavy atom. The first-order chi connectivity index (χ1) is 14.2. The van der Waals surface area contributed by atoms with E-state index in [4.69, 9.17) is 9.15 Å². The highest BCUT2D eigenvalue weighted by Crippen LogP contribution is 2.32. The summed E-state index contributed by atoms with van der Waals surface area (Å²) in [6, 6.07) is 15.4. The normalized spacial score (nSPS) is 16.9. The lowest BCUT2D eigenvalue weighted by Gasteiger charge is -2.30. The molecule has 0 saturated carbocycles. The first-order valence-corrected chi connectivity index (χ1v) is 9.83. The Balaban J connectivity index is 1.54. The zero-order chi connectivity index (χ0) is 20.1. The summed E-state index contributed by atoms with van der Waals surface area (Å²) in [6.07, 6.45) is 5.47. The molecule has 0 unspecified atom stereocenters. The second-order valence-electron chi connectivity index (χ2n) is 7.09. The molecule has 0 aliphatic carbocycles. The average Bonchev–Trinajstić information content (AvgIpc) is 3.18. The molecule has 2 aromatic carbocycles. The molecule has 29 heavy (non-hydrogen) atoms. The van der Waals surface area contributed by atoms with Crippen LogP contribution in [0.3, 0.4) is 0 Å². The lowest BCUT2D eigenvalue weighted by Crippen LogP contribution is -2.38. The number of hydrogen-bond acceptors (Lipinski definition) is 5. The molecule has 1 atom stereocenters. The van der Waals surface area contributed by atoms with Crippen molar-refractivity contribution in [3.8, 4) is 17.2 Å². The molecule has 2 amide bonds. The van der Waals surface area contributed by atoms with E-state index in [0.717, 1.165) is 49.1 Å². The number of carbonyl (C=O) groups is 1. The maximum Gasteiger partial charge on any atom is 0.322 e. The number of carbonyl (C=O) groups excluding carboxylic acids is 1. The highest BCUT2D eigenvalue weighted by Gasteiger charge is 2.27. The molecule has 2 heterocycles. The number of benzene rings is 2. The maximum atomic E-state index is 13.2. The van der Waals surface area contributed by atoms with E-state index in [1.807, 2.05) is 53.4 Å². The topological polar surface area (TPSA) is 80.5 Å². The number of nitrogens with zero attached hydrogens (tertiary/aromatic N) is 3. The minimum atomic E-state index is -0.101. The summed E-state index contributed by atoms with van der Waals surface area (Å²) in [4.78, 5) is 15.1. The van der Waals surface area contributed by atoms with Gasteiger partial charge in [-0.25, -0.2) is 4.79 Å². The third kappa shape index (κ3) is 4.39. The predicted molar refractivity (Wildman–Crippen MR) is 110 cm³/mol. The fraction of sp³-hybridized carbons (Fsp3) is 0.318. The molecule has 3 aromatic rings. The molecule has 7 heteroatoms. The maximum absolute atomic E-state index is 13.2. The second-order valence-corrected chi connectivity index (χ2v) is 7.09. The molecule has 1 aliphatic rings. The molecular formula is C22H24N4O3.